The molecule has 1 fully saturated rings. The molecule has 4 rings (SSSR count). The highest BCUT2D eigenvalue weighted by molar-refractivity contribution is 5.78. The van der Waals surface area contributed by atoms with Gasteiger partial charge in [0.05, 0.1) is 10.9 Å². The molecule has 1 amide bonds. The fraction of sp³-hybridized carbons (Fsp3) is 0.375. The minimum absolute atomic E-state index is 0.0237. The van der Waals surface area contributed by atoms with Crippen molar-refractivity contribution in [3.63, 3.8) is 0 Å². The zero-order chi connectivity index (χ0) is 22.0. The summed E-state index contributed by atoms with van der Waals surface area (Å²) in [6.45, 7) is 5.58. The topological polar surface area (TPSA) is 64.4 Å². The predicted octanol–water partition coefficient (Wildman–Crippen LogP) is 3.47. The number of aryl methyl sites for hydroxylation is 2. The monoisotopic (exact) mass is 423 g/mol. The maximum absolute atomic E-state index is 13.5. The van der Waals surface area contributed by atoms with Crippen LogP contribution >= 0.6 is 0 Å². The number of nitrogens with zero attached hydrogens (tertiary/aromatic N) is 3. The largest absolute Gasteiger partial charge is 0.484 e. The number of aromatic nitrogens is 2. The van der Waals surface area contributed by atoms with Gasteiger partial charge in [-0.2, -0.15) is 0 Å². The number of likely N-dealkylation sites (tertiary alicyclic amines) is 1. The molecule has 0 spiro atoms. The van der Waals surface area contributed by atoms with Crippen molar-refractivity contribution in [2.75, 3.05) is 19.7 Å². The number of rotatable bonds is 5. The predicted molar refractivity (Wildman–Crippen MR) is 117 cm³/mol. The molecule has 0 radical (unpaired) electrons. The van der Waals surface area contributed by atoms with Crippen LogP contribution in [0.1, 0.15) is 24.2 Å². The molecule has 7 heteroatoms. The van der Waals surface area contributed by atoms with Crippen LogP contribution in [0.5, 0.6) is 5.75 Å². The quantitative estimate of drug-likeness (QED) is 0.630. The van der Waals surface area contributed by atoms with Crippen molar-refractivity contribution in [3.8, 4) is 5.75 Å². The SMILES string of the molecule is Cc1ccccc1OCC(=O)N1CCC(Cn2c(C)nc3cc(F)ccc3c2=O)CC1. The number of hydrogen-bond acceptors (Lipinski definition) is 4. The van der Waals surface area contributed by atoms with Gasteiger partial charge in [-0.3, -0.25) is 14.2 Å². The Bertz CT molecular complexity index is 1170. The van der Waals surface area contributed by atoms with Crippen LogP contribution in [-0.4, -0.2) is 40.1 Å². The van der Waals surface area contributed by atoms with Crippen molar-refractivity contribution < 1.29 is 13.9 Å². The Morgan fingerprint density at radius 2 is 1.90 bits per heavy atom. The van der Waals surface area contributed by atoms with Crippen molar-refractivity contribution in [2.45, 2.75) is 33.2 Å². The number of amides is 1. The van der Waals surface area contributed by atoms with E-state index in [4.69, 9.17) is 4.74 Å². The number of carbonyl (C=O) groups is 1. The number of benzene rings is 2. The summed E-state index contributed by atoms with van der Waals surface area (Å²) in [5, 5.41) is 0.424. The van der Waals surface area contributed by atoms with Crippen molar-refractivity contribution in [3.05, 3.63) is 70.0 Å². The fourth-order valence-corrected chi connectivity index (χ4v) is 4.09. The van der Waals surface area contributed by atoms with E-state index in [0.29, 0.717) is 36.4 Å². The van der Waals surface area contributed by atoms with E-state index in [0.717, 1.165) is 24.2 Å². The van der Waals surface area contributed by atoms with Gasteiger partial charge >= 0.3 is 0 Å². The minimum Gasteiger partial charge on any atom is -0.484 e. The molecule has 0 atom stereocenters. The molecule has 0 N–H and O–H groups in total. The summed E-state index contributed by atoms with van der Waals surface area (Å²) >= 11 is 0. The summed E-state index contributed by atoms with van der Waals surface area (Å²) in [5.74, 6) is 1.15. The average molecular weight is 423 g/mol. The lowest BCUT2D eigenvalue weighted by atomic mass is 9.96. The van der Waals surface area contributed by atoms with E-state index in [1.807, 2.05) is 36.1 Å². The van der Waals surface area contributed by atoms with Gasteiger partial charge in [0.25, 0.3) is 11.5 Å². The van der Waals surface area contributed by atoms with Crippen LogP contribution in [0.15, 0.2) is 47.3 Å². The first-order chi connectivity index (χ1) is 14.9. The summed E-state index contributed by atoms with van der Waals surface area (Å²) in [5.41, 5.74) is 1.24. The smallest absolute Gasteiger partial charge is 0.261 e. The van der Waals surface area contributed by atoms with Gasteiger partial charge in [-0.05, 0) is 56.4 Å². The summed E-state index contributed by atoms with van der Waals surface area (Å²) < 4.78 is 20.8. The second-order valence-electron chi connectivity index (χ2n) is 8.11. The third-order valence-electron chi connectivity index (χ3n) is 5.96. The number of halogens is 1. The molecule has 3 aromatic rings. The molecule has 1 saturated heterocycles. The van der Waals surface area contributed by atoms with Crippen LogP contribution in [0.3, 0.4) is 0 Å². The average Bonchev–Trinajstić information content (AvgIpc) is 2.76. The van der Waals surface area contributed by atoms with E-state index in [1.165, 1.54) is 18.2 Å². The molecule has 1 aromatic heterocycles. The van der Waals surface area contributed by atoms with Crippen LogP contribution < -0.4 is 10.3 Å². The van der Waals surface area contributed by atoms with Crippen molar-refractivity contribution in [1.29, 1.82) is 0 Å². The lowest BCUT2D eigenvalue weighted by Gasteiger charge is -2.32. The van der Waals surface area contributed by atoms with Crippen LogP contribution in [0, 0.1) is 25.6 Å². The molecule has 1 aliphatic rings. The first kappa shape index (κ1) is 21.0. The molecule has 0 unspecified atom stereocenters. The molecular weight excluding hydrogens is 397 g/mol. The zero-order valence-corrected chi connectivity index (χ0v) is 17.8. The summed E-state index contributed by atoms with van der Waals surface area (Å²) in [6.07, 6.45) is 1.62. The first-order valence-corrected chi connectivity index (χ1v) is 10.6. The van der Waals surface area contributed by atoms with Crippen molar-refractivity contribution >= 4 is 16.8 Å². The Labute approximate surface area is 180 Å². The standard InChI is InChI=1S/C24H26FN3O3/c1-16-5-3-4-6-22(16)31-15-23(29)27-11-9-18(10-12-27)14-28-17(2)26-21-13-19(25)7-8-20(21)24(28)30/h3-8,13,18H,9-12,14-15H2,1-2H3. The van der Waals surface area contributed by atoms with Gasteiger partial charge in [-0.1, -0.05) is 18.2 Å². The van der Waals surface area contributed by atoms with E-state index in [9.17, 15) is 14.0 Å². The second-order valence-corrected chi connectivity index (χ2v) is 8.11. The number of ether oxygens (including phenoxy) is 1. The lowest BCUT2D eigenvalue weighted by molar-refractivity contribution is -0.134. The molecule has 1 aliphatic heterocycles. The Morgan fingerprint density at radius 3 is 2.65 bits per heavy atom. The molecular formula is C24H26FN3O3. The number of piperidine rings is 1. The first-order valence-electron chi connectivity index (χ1n) is 10.6. The van der Waals surface area contributed by atoms with Gasteiger partial charge in [-0.25, -0.2) is 9.37 Å². The van der Waals surface area contributed by atoms with Crippen molar-refractivity contribution in [1.82, 2.24) is 14.5 Å². The fourth-order valence-electron chi connectivity index (χ4n) is 4.09. The second kappa shape index (κ2) is 8.88. The maximum Gasteiger partial charge on any atom is 0.261 e. The summed E-state index contributed by atoms with van der Waals surface area (Å²) in [4.78, 5) is 31.6. The highest BCUT2D eigenvalue weighted by Crippen LogP contribution is 2.21. The molecule has 162 valence electrons. The third kappa shape index (κ3) is 4.60. The minimum atomic E-state index is -0.403. The third-order valence-corrected chi connectivity index (χ3v) is 5.96. The Morgan fingerprint density at radius 1 is 1.16 bits per heavy atom. The van der Waals surface area contributed by atoms with Crippen molar-refractivity contribution in [2.24, 2.45) is 5.92 Å². The molecule has 2 heterocycles. The van der Waals surface area contributed by atoms with Gasteiger partial charge in [-0.15, -0.1) is 0 Å². The van der Waals surface area contributed by atoms with Crippen LogP contribution in [-0.2, 0) is 11.3 Å². The number of carbonyl (C=O) groups excluding carboxylic acids is 1. The summed E-state index contributed by atoms with van der Waals surface area (Å²) in [6, 6.07) is 11.7. The van der Waals surface area contributed by atoms with Gasteiger partial charge in [0.1, 0.15) is 17.4 Å². The molecule has 2 aromatic carbocycles. The van der Waals surface area contributed by atoms with E-state index in [1.54, 1.807) is 11.5 Å². The van der Waals surface area contributed by atoms with Crippen LogP contribution in [0.4, 0.5) is 4.39 Å². The Balaban J connectivity index is 1.36. The number of para-hydroxylation sites is 1. The molecule has 6 nitrogen and oxygen atoms in total. The molecule has 0 saturated carbocycles. The number of fused-ring (bicyclic) bond motifs is 1. The highest BCUT2D eigenvalue weighted by atomic mass is 19.1. The molecule has 0 bridgehead atoms. The van der Waals surface area contributed by atoms with Gasteiger partial charge < -0.3 is 9.64 Å². The van der Waals surface area contributed by atoms with Gasteiger partial charge in [0.2, 0.25) is 0 Å². The van der Waals surface area contributed by atoms with Gasteiger partial charge in [0, 0.05) is 25.7 Å². The Hall–Kier alpha value is -3.22. The van der Waals surface area contributed by atoms with Crippen LogP contribution in [0.25, 0.3) is 10.9 Å². The zero-order valence-electron chi connectivity index (χ0n) is 17.8. The maximum atomic E-state index is 13.5. The molecule has 0 aliphatic carbocycles. The molecule has 31 heavy (non-hydrogen) atoms. The van der Waals surface area contributed by atoms with Crippen LogP contribution in [0.2, 0.25) is 0 Å². The van der Waals surface area contributed by atoms with E-state index in [2.05, 4.69) is 4.98 Å². The van der Waals surface area contributed by atoms with Gasteiger partial charge in [0.15, 0.2) is 6.61 Å². The van der Waals surface area contributed by atoms with E-state index < -0.39 is 5.82 Å². The highest BCUT2D eigenvalue weighted by Gasteiger charge is 2.24. The van der Waals surface area contributed by atoms with E-state index in [-0.39, 0.29) is 24.0 Å². The number of hydrogen-bond donors (Lipinski definition) is 0. The van der Waals surface area contributed by atoms with E-state index >= 15 is 0 Å². The lowest BCUT2D eigenvalue weighted by Crippen LogP contribution is -2.42. The Kier molecular flexibility index (Phi) is 6.02. The normalized spacial score (nSPS) is 14.7. The summed E-state index contributed by atoms with van der Waals surface area (Å²) in [7, 11) is 0.